The van der Waals surface area contributed by atoms with Gasteiger partial charge in [0, 0.05) is 10.8 Å². The van der Waals surface area contributed by atoms with Gasteiger partial charge in [-0.2, -0.15) is 0 Å². The van der Waals surface area contributed by atoms with E-state index >= 15 is 0 Å². The molecule has 3 aromatic rings. The summed E-state index contributed by atoms with van der Waals surface area (Å²) in [6.07, 6.45) is 0.915. The predicted octanol–water partition coefficient (Wildman–Crippen LogP) is 4.51. The summed E-state index contributed by atoms with van der Waals surface area (Å²) in [7, 11) is 0. The molecule has 2 heterocycles. The van der Waals surface area contributed by atoms with E-state index in [9.17, 15) is 4.79 Å². The van der Waals surface area contributed by atoms with Gasteiger partial charge in [-0.3, -0.25) is 9.36 Å². The molecule has 2 aromatic carbocycles. The van der Waals surface area contributed by atoms with Crippen LogP contribution in [0.5, 0.6) is 0 Å². The third-order valence-corrected chi connectivity index (χ3v) is 6.29. The minimum absolute atomic E-state index is 0.0813. The van der Waals surface area contributed by atoms with E-state index in [1.54, 1.807) is 22.8 Å². The van der Waals surface area contributed by atoms with Gasteiger partial charge < -0.3 is 9.47 Å². The van der Waals surface area contributed by atoms with Gasteiger partial charge in [0.15, 0.2) is 5.16 Å². The highest BCUT2D eigenvalue weighted by atomic mass is 35.5. The Balaban J connectivity index is 1.85. The van der Waals surface area contributed by atoms with Crippen molar-refractivity contribution >= 4 is 34.3 Å². The van der Waals surface area contributed by atoms with Crippen molar-refractivity contribution < 1.29 is 9.47 Å². The van der Waals surface area contributed by atoms with Gasteiger partial charge in [-0.05, 0) is 55.7 Å². The van der Waals surface area contributed by atoms with Crippen molar-refractivity contribution in [2.24, 2.45) is 0 Å². The summed E-state index contributed by atoms with van der Waals surface area (Å²) in [5.41, 5.74) is 3.55. The van der Waals surface area contributed by atoms with E-state index in [0.29, 0.717) is 40.2 Å². The number of rotatable bonds is 4. The second-order valence-corrected chi connectivity index (χ2v) is 8.25. The number of hydrogen-bond acceptors (Lipinski definition) is 5. The van der Waals surface area contributed by atoms with Crippen molar-refractivity contribution in [2.75, 3.05) is 19.2 Å². The van der Waals surface area contributed by atoms with Crippen molar-refractivity contribution in [3.05, 3.63) is 62.9 Å². The fourth-order valence-corrected chi connectivity index (χ4v) is 4.46. The zero-order chi connectivity index (χ0) is 19.7. The van der Waals surface area contributed by atoms with Crippen LogP contribution in [0.3, 0.4) is 0 Å². The highest BCUT2D eigenvalue weighted by Gasteiger charge is 2.19. The Morgan fingerprint density at radius 2 is 2.14 bits per heavy atom. The summed E-state index contributed by atoms with van der Waals surface area (Å²) in [5, 5.41) is 1.76. The van der Waals surface area contributed by atoms with Gasteiger partial charge in [0.05, 0.1) is 29.3 Å². The zero-order valence-electron chi connectivity index (χ0n) is 15.8. The monoisotopic (exact) mass is 416 g/mol. The summed E-state index contributed by atoms with van der Waals surface area (Å²) >= 11 is 7.66. The van der Waals surface area contributed by atoms with Gasteiger partial charge >= 0.3 is 0 Å². The van der Waals surface area contributed by atoms with Crippen LogP contribution >= 0.6 is 23.4 Å². The lowest BCUT2D eigenvalue weighted by Crippen LogP contribution is -2.27. The molecular formula is C21H21ClN2O3S. The molecule has 0 aliphatic carbocycles. The van der Waals surface area contributed by atoms with Crippen LogP contribution in [0, 0.1) is 13.8 Å². The van der Waals surface area contributed by atoms with Crippen molar-refractivity contribution in [3.8, 4) is 5.69 Å². The van der Waals surface area contributed by atoms with Crippen LogP contribution in [0.4, 0.5) is 0 Å². The smallest absolute Gasteiger partial charge is 0.266 e. The first-order valence-corrected chi connectivity index (χ1v) is 10.5. The van der Waals surface area contributed by atoms with Gasteiger partial charge in [-0.1, -0.05) is 35.5 Å². The van der Waals surface area contributed by atoms with Gasteiger partial charge in [-0.15, -0.1) is 0 Å². The Hall–Kier alpha value is -1.86. The number of benzene rings is 2. The SMILES string of the molecule is Cc1cccc(-n2c(SC[C@@H]3CCOCO3)nc3cc(Cl)ccc3c2=O)c1C. The van der Waals surface area contributed by atoms with Crippen molar-refractivity contribution in [3.63, 3.8) is 0 Å². The quantitative estimate of drug-likeness (QED) is 0.462. The zero-order valence-corrected chi connectivity index (χ0v) is 17.3. The van der Waals surface area contributed by atoms with Crippen LogP contribution in [0.15, 0.2) is 46.3 Å². The van der Waals surface area contributed by atoms with Crippen molar-refractivity contribution in [1.82, 2.24) is 9.55 Å². The molecule has 5 nitrogen and oxygen atoms in total. The number of halogens is 1. The number of hydrogen-bond donors (Lipinski definition) is 0. The summed E-state index contributed by atoms with van der Waals surface area (Å²) in [6.45, 7) is 5.07. The van der Waals surface area contributed by atoms with E-state index < -0.39 is 0 Å². The van der Waals surface area contributed by atoms with Gasteiger partial charge in [-0.25, -0.2) is 4.98 Å². The molecule has 1 saturated heterocycles. The molecular weight excluding hydrogens is 396 g/mol. The normalized spacial score (nSPS) is 17.2. The third-order valence-electron chi connectivity index (χ3n) is 4.99. The molecule has 1 aliphatic rings. The summed E-state index contributed by atoms with van der Waals surface area (Å²) in [5.74, 6) is 0.701. The lowest BCUT2D eigenvalue weighted by molar-refractivity contribution is -0.130. The number of thioether (sulfide) groups is 1. The molecule has 0 radical (unpaired) electrons. The van der Waals surface area contributed by atoms with Crippen molar-refractivity contribution in [1.29, 1.82) is 0 Å². The maximum absolute atomic E-state index is 13.4. The minimum atomic E-state index is -0.0919. The number of nitrogens with zero attached hydrogens (tertiary/aromatic N) is 2. The molecule has 7 heteroatoms. The first kappa shape index (κ1) is 19.5. The molecule has 0 bridgehead atoms. The highest BCUT2D eigenvalue weighted by molar-refractivity contribution is 7.99. The molecule has 146 valence electrons. The van der Waals surface area contributed by atoms with Crippen LogP contribution in [0.25, 0.3) is 16.6 Å². The second kappa shape index (κ2) is 8.25. The largest absolute Gasteiger partial charge is 0.355 e. The van der Waals surface area contributed by atoms with Crippen LogP contribution in [-0.4, -0.2) is 34.8 Å². The standard InChI is InChI=1S/C21H21ClN2O3S/c1-13-4-3-5-19(14(13)2)24-20(25)17-7-6-15(22)10-18(17)23-21(24)28-11-16-8-9-26-12-27-16/h3-7,10,16H,8-9,11-12H2,1-2H3/t16-/m0/s1. The first-order chi connectivity index (χ1) is 13.5. The fourth-order valence-electron chi connectivity index (χ4n) is 3.23. The van der Waals surface area contributed by atoms with E-state index in [1.165, 1.54) is 11.8 Å². The molecule has 28 heavy (non-hydrogen) atoms. The second-order valence-electron chi connectivity index (χ2n) is 6.83. The number of aryl methyl sites for hydroxylation is 1. The van der Waals surface area contributed by atoms with Crippen LogP contribution < -0.4 is 5.56 Å². The maximum atomic E-state index is 13.4. The summed E-state index contributed by atoms with van der Waals surface area (Å²) in [6, 6.07) is 11.2. The Morgan fingerprint density at radius 1 is 1.29 bits per heavy atom. The molecule has 0 amide bonds. The van der Waals surface area contributed by atoms with E-state index in [1.807, 2.05) is 32.0 Å². The highest BCUT2D eigenvalue weighted by Crippen LogP contribution is 2.27. The van der Waals surface area contributed by atoms with Gasteiger partial charge in [0.25, 0.3) is 5.56 Å². The van der Waals surface area contributed by atoms with Crippen LogP contribution in [0.2, 0.25) is 5.02 Å². The number of fused-ring (bicyclic) bond motifs is 1. The third kappa shape index (κ3) is 3.82. The molecule has 0 saturated carbocycles. The predicted molar refractivity (Wildman–Crippen MR) is 113 cm³/mol. The van der Waals surface area contributed by atoms with E-state index in [0.717, 1.165) is 23.2 Å². The summed E-state index contributed by atoms with van der Waals surface area (Å²) in [4.78, 5) is 18.2. The fraction of sp³-hybridized carbons (Fsp3) is 0.333. The van der Waals surface area contributed by atoms with Crippen molar-refractivity contribution in [2.45, 2.75) is 31.5 Å². The average molecular weight is 417 g/mol. The van der Waals surface area contributed by atoms with E-state index in [4.69, 9.17) is 26.1 Å². The summed E-state index contributed by atoms with van der Waals surface area (Å²) < 4.78 is 12.6. The Labute approximate surface area is 172 Å². The number of ether oxygens (including phenoxy) is 2. The van der Waals surface area contributed by atoms with Crippen LogP contribution in [-0.2, 0) is 9.47 Å². The first-order valence-electron chi connectivity index (χ1n) is 9.15. The Kier molecular flexibility index (Phi) is 5.73. The maximum Gasteiger partial charge on any atom is 0.266 e. The number of aromatic nitrogens is 2. The molecule has 4 rings (SSSR count). The van der Waals surface area contributed by atoms with Gasteiger partial charge in [0.1, 0.15) is 6.79 Å². The van der Waals surface area contributed by atoms with Gasteiger partial charge in [0.2, 0.25) is 0 Å². The molecule has 0 spiro atoms. The van der Waals surface area contributed by atoms with E-state index in [-0.39, 0.29) is 11.7 Å². The molecule has 1 aliphatic heterocycles. The minimum Gasteiger partial charge on any atom is -0.355 e. The lowest BCUT2D eigenvalue weighted by atomic mass is 10.1. The Bertz CT molecular complexity index is 1080. The molecule has 0 unspecified atom stereocenters. The topological polar surface area (TPSA) is 53.4 Å². The molecule has 1 aromatic heterocycles. The Morgan fingerprint density at radius 3 is 2.93 bits per heavy atom. The lowest BCUT2D eigenvalue weighted by Gasteiger charge is -2.23. The molecule has 1 atom stereocenters. The average Bonchev–Trinajstić information content (AvgIpc) is 2.70. The van der Waals surface area contributed by atoms with Crippen LogP contribution in [0.1, 0.15) is 17.5 Å². The van der Waals surface area contributed by atoms with E-state index in [2.05, 4.69) is 0 Å². The molecule has 0 N–H and O–H groups in total. The molecule has 1 fully saturated rings.